The molecule has 130 valence electrons. The maximum atomic E-state index is 12.4. The monoisotopic (exact) mass is 340 g/mol. The number of benzene rings is 1. The summed E-state index contributed by atoms with van der Waals surface area (Å²) in [4.78, 5) is 37.7. The zero-order chi connectivity index (χ0) is 17.8. The lowest BCUT2D eigenvalue weighted by Gasteiger charge is -2.16. The summed E-state index contributed by atoms with van der Waals surface area (Å²) in [5, 5.41) is 6.87. The van der Waals surface area contributed by atoms with E-state index >= 15 is 0 Å². The van der Waals surface area contributed by atoms with Crippen LogP contribution in [0.25, 0.3) is 0 Å². The lowest BCUT2D eigenvalue weighted by Crippen LogP contribution is -2.26. The molecule has 1 aromatic carbocycles. The van der Waals surface area contributed by atoms with Gasteiger partial charge >= 0.3 is 0 Å². The van der Waals surface area contributed by atoms with Gasteiger partial charge in [-0.2, -0.15) is 5.10 Å². The van der Waals surface area contributed by atoms with Gasteiger partial charge in [0.25, 0.3) is 11.5 Å². The molecule has 0 radical (unpaired) electrons. The van der Waals surface area contributed by atoms with E-state index in [0.717, 1.165) is 18.5 Å². The highest BCUT2D eigenvalue weighted by molar-refractivity contribution is 6.03. The summed E-state index contributed by atoms with van der Waals surface area (Å²) in [5.74, 6) is -0.300. The van der Waals surface area contributed by atoms with Gasteiger partial charge in [-0.25, -0.2) is 4.68 Å². The summed E-state index contributed by atoms with van der Waals surface area (Å²) in [6.07, 6.45) is 2.15. The highest BCUT2D eigenvalue weighted by atomic mass is 16.2. The Morgan fingerprint density at radius 1 is 1.24 bits per heavy atom. The zero-order valence-corrected chi connectivity index (χ0v) is 14.1. The van der Waals surface area contributed by atoms with Crippen LogP contribution in [0.4, 0.5) is 11.4 Å². The fourth-order valence-electron chi connectivity index (χ4n) is 2.81. The summed E-state index contributed by atoms with van der Waals surface area (Å²) >= 11 is 0. The summed E-state index contributed by atoms with van der Waals surface area (Å²) < 4.78 is 1.29. The second kappa shape index (κ2) is 7.29. The van der Waals surface area contributed by atoms with E-state index in [9.17, 15) is 14.4 Å². The summed E-state index contributed by atoms with van der Waals surface area (Å²) in [6, 6.07) is 9.92. The van der Waals surface area contributed by atoms with Crippen molar-refractivity contribution < 1.29 is 9.59 Å². The predicted molar refractivity (Wildman–Crippen MR) is 94.8 cm³/mol. The van der Waals surface area contributed by atoms with E-state index in [1.165, 1.54) is 16.8 Å². The second-order valence-electron chi connectivity index (χ2n) is 5.93. The van der Waals surface area contributed by atoms with Crippen LogP contribution in [-0.4, -0.2) is 28.1 Å². The second-order valence-corrected chi connectivity index (χ2v) is 5.93. The molecule has 1 aliphatic rings. The van der Waals surface area contributed by atoms with E-state index in [1.54, 1.807) is 23.1 Å². The Kier molecular flexibility index (Phi) is 4.92. The Morgan fingerprint density at radius 2 is 2.08 bits per heavy atom. The van der Waals surface area contributed by atoms with E-state index in [2.05, 4.69) is 10.4 Å². The van der Waals surface area contributed by atoms with Gasteiger partial charge in [-0.3, -0.25) is 14.4 Å². The molecule has 2 heterocycles. The SMILES string of the molecule is CCCn1nc(C(=O)Nc2cccc(N3CCCC3=O)c2)ccc1=O. The van der Waals surface area contributed by atoms with E-state index in [-0.39, 0.29) is 17.2 Å². The molecule has 7 nitrogen and oxygen atoms in total. The first-order valence-corrected chi connectivity index (χ1v) is 8.38. The molecule has 1 aromatic heterocycles. The van der Waals surface area contributed by atoms with Crippen molar-refractivity contribution >= 4 is 23.2 Å². The summed E-state index contributed by atoms with van der Waals surface area (Å²) in [6.45, 7) is 3.10. The Labute approximate surface area is 145 Å². The molecule has 0 saturated carbocycles. The van der Waals surface area contributed by atoms with Crippen LogP contribution in [0.3, 0.4) is 0 Å². The van der Waals surface area contributed by atoms with Crippen molar-refractivity contribution in [1.29, 1.82) is 0 Å². The standard InChI is InChI=1S/C18H20N4O3/c1-2-10-22-17(24)9-8-15(20-22)18(25)19-13-5-3-6-14(12-13)21-11-4-7-16(21)23/h3,5-6,8-9,12H,2,4,7,10-11H2,1H3,(H,19,25). The van der Waals surface area contributed by atoms with E-state index in [0.29, 0.717) is 25.2 Å². The molecule has 3 rings (SSSR count). The number of rotatable bonds is 5. The van der Waals surface area contributed by atoms with Crippen molar-refractivity contribution in [2.75, 3.05) is 16.8 Å². The highest BCUT2D eigenvalue weighted by Gasteiger charge is 2.22. The van der Waals surface area contributed by atoms with Gasteiger partial charge in [0.1, 0.15) is 5.69 Å². The molecule has 0 bridgehead atoms. The number of carbonyl (C=O) groups excluding carboxylic acids is 2. The van der Waals surface area contributed by atoms with Crippen molar-refractivity contribution in [3.8, 4) is 0 Å². The van der Waals surface area contributed by atoms with Gasteiger partial charge in [0.15, 0.2) is 0 Å². The zero-order valence-electron chi connectivity index (χ0n) is 14.1. The van der Waals surface area contributed by atoms with Crippen LogP contribution in [0, 0.1) is 0 Å². The number of nitrogens with one attached hydrogen (secondary N) is 1. The smallest absolute Gasteiger partial charge is 0.276 e. The fourth-order valence-corrected chi connectivity index (χ4v) is 2.81. The molecular weight excluding hydrogens is 320 g/mol. The van der Waals surface area contributed by atoms with E-state index in [4.69, 9.17) is 0 Å². The molecular formula is C18H20N4O3. The number of aromatic nitrogens is 2. The minimum Gasteiger partial charge on any atom is -0.321 e. The van der Waals surface area contributed by atoms with Crippen molar-refractivity contribution in [3.63, 3.8) is 0 Å². The predicted octanol–water partition coefficient (Wildman–Crippen LogP) is 2.03. The van der Waals surface area contributed by atoms with Crippen molar-refractivity contribution in [2.45, 2.75) is 32.7 Å². The van der Waals surface area contributed by atoms with Crippen LogP contribution in [0.2, 0.25) is 0 Å². The first-order chi connectivity index (χ1) is 12.1. The number of aryl methyl sites for hydroxylation is 1. The van der Waals surface area contributed by atoms with Crippen molar-refractivity contribution in [3.05, 3.63) is 52.4 Å². The normalized spacial score (nSPS) is 14.0. The number of anilines is 2. The van der Waals surface area contributed by atoms with E-state index < -0.39 is 5.91 Å². The first-order valence-electron chi connectivity index (χ1n) is 8.38. The average molecular weight is 340 g/mol. The minimum absolute atomic E-state index is 0.0942. The highest BCUT2D eigenvalue weighted by Crippen LogP contribution is 2.24. The van der Waals surface area contributed by atoms with Crippen LogP contribution in [0.15, 0.2) is 41.2 Å². The summed E-state index contributed by atoms with van der Waals surface area (Å²) in [5.41, 5.74) is 1.30. The Balaban J connectivity index is 1.78. The lowest BCUT2D eigenvalue weighted by molar-refractivity contribution is -0.117. The Bertz CT molecular complexity index is 859. The molecule has 0 atom stereocenters. The number of nitrogens with zero attached hydrogens (tertiary/aromatic N) is 3. The van der Waals surface area contributed by atoms with Gasteiger partial charge < -0.3 is 10.2 Å². The first kappa shape index (κ1) is 16.9. The number of hydrogen-bond acceptors (Lipinski definition) is 4. The molecule has 25 heavy (non-hydrogen) atoms. The van der Waals surface area contributed by atoms with Crippen molar-refractivity contribution in [1.82, 2.24) is 9.78 Å². The molecule has 1 saturated heterocycles. The maximum absolute atomic E-state index is 12.4. The quantitative estimate of drug-likeness (QED) is 0.902. The number of hydrogen-bond donors (Lipinski definition) is 1. The molecule has 0 spiro atoms. The van der Waals surface area contributed by atoms with Gasteiger partial charge in [-0.1, -0.05) is 13.0 Å². The topological polar surface area (TPSA) is 84.3 Å². The Hall–Kier alpha value is -2.96. The molecule has 1 aliphatic heterocycles. The van der Waals surface area contributed by atoms with Crippen LogP contribution in [0.1, 0.15) is 36.7 Å². The van der Waals surface area contributed by atoms with Gasteiger partial charge in [0, 0.05) is 37.0 Å². The van der Waals surface area contributed by atoms with Crippen LogP contribution in [0.5, 0.6) is 0 Å². The lowest BCUT2D eigenvalue weighted by atomic mass is 10.2. The molecule has 2 amide bonds. The Morgan fingerprint density at radius 3 is 2.80 bits per heavy atom. The van der Waals surface area contributed by atoms with Crippen LogP contribution >= 0.6 is 0 Å². The van der Waals surface area contributed by atoms with Crippen molar-refractivity contribution in [2.24, 2.45) is 0 Å². The number of amides is 2. The molecule has 0 unspecified atom stereocenters. The minimum atomic E-state index is -0.394. The molecule has 0 aliphatic carbocycles. The third-order valence-electron chi connectivity index (χ3n) is 4.02. The van der Waals surface area contributed by atoms with Gasteiger partial charge in [0.2, 0.25) is 5.91 Å². The maximum Gasteiger partial charge on any atom is 0.276 e. The fraction of sp³-hybridized carbons (Fsp3) is 0.333. The van der Waals surface area contributed by atoms with E-state index in [1.807, 2.05) is 13.0 Å². The van der Waals surface area contributed by atoms with Crippen LogP contribution in [-0.2, 0) is 11.3 Å². The van der Waals surface area contributed by atoms with Gasteiger partial charge in [0.05, 0.1) is 0 Å². The number of carbonyl (C=O) groups is 2. The molecule has 2 aromatic rings. The van der Waals surface area contributed by atoms with Gasteiger partial charge in [-0.05, 0) is 37.1 Å². The average Bonchev–Trinajstić information content (AvgIpc) is 3.03. The largest absolute Gasteiger partial charge is 0.321 e. The third kappa shape index (κ3) is 3.76. The van der Waals surface area contributed by atoms with Crippen LogP contribution < -0.4 is 15.8 Å². The molecule has 1 fully saturated rings. The summed E-state index contributed by atoms with van der Waals surface area (Å²) in [7, 11) is 0. The third-order valence-corrected chi connectivity index (χ3v) is 4.02. The molecule has 1 N–H and O–H groups in total. The molecule has 7 heteroatoms. The van der Waals surface area contributed by atoms with Gasteiger partial charge in [-0.15, -0.1) is 0 Å².